The van der Waals surface area contributed by atoms with Crippen LogP contribution in [0.4, 0.5) is 11.4 Å². The predicted molar refractivity (Wildman–Crippen MR) is 72.0 cm³/mol. The summed E-state index contributed by atoms with van der Waals surface area (Å²) >= 11 is 0. The first kappa shape index (κ1) is 12.2. The molecule has 0 heterocycles. The van der Waals surface area contributed by atoms with Gasteiger partial charge in [-0.2, -0.15) is 0 Å². The van der Waals surface area contributed by atoms with Crippen molar-refractivity contribution in [1.29, 1.82) is 0 Å². The zero-order chi connectivity index (χ0) is 12.3. The zero-order valence-corrected chi connectivity index (χ0v) is 10.4. The van der Waals surface area contributed by atoms with Crippen molar-refractivity contribution in [2.75, 3.05) is 17.7 Å². The Labute approximate surface area is 103 Å². The van der Waals surface area contributed by atoms with Crippen LogP contribution >= 0.6 is 0 Å². The molecule has 4 N–H and O–H groups in total. The highest BCUT2D eigenvalue weighted by molar-refractivity contribution is 5.69. The van der Waals surface area contributed by atoms with Gasteiger partial charge in [0.15, 0.2) is 0 Å². The first-order valence-electron chi connectivity index (χ1n) is 6.43. The molecule has 0 radical (unpaired) electrons. The van der Waals surface area contributed by atoms with E-state index in [0.29, 0.717) is 18.6 Å². The summed E-state index contributed by atoms with van der Waals surface area (Å²) in [6.07, 6.45) is 4.47. The van der Waals surface area contributed by atoms with Crippen molar-refractivity contribution in [3.8, 4) is 0 Å². The Hall–Kier alpha value is -1.22. The summed E-state index contributed by atoms with van der Waals surface area (Å²) in [5.41, 5.74) is 9.09. The molecule has 0 spiro atoms. The first-order valence-corrected chi connectivity index (χ1v) is 6.43. The summed E-state index contributed by atoms with van der Waals surface area (Å²) < 4.78 is 0. The van der Waals surface area contributed by atoms with E-state index in [1.807, 2.05) is 25.1 Å². The summed E-state index contributed by atoms with van der Waals surface area (Å²) in [6.45, 7) is 2.36. The molecule has 1 aromatic rings. The highest BCUT2D eigenvalue weighted by atomic mass is 16.3. The summed E-state index contributed by atoms with van der Waals surface area (Å²) in [4.78, 5) is 0. The van der Waals surface area contributed by atoms with Crippen LogP contribution in [0.2, 0.25) is 0 Å². The molecule has 3 nitrogen and oxygen atoms in total. The van der Waals surface area contributed by atoms with Crippen molar-refractivity contribution >= 4 is 11.4 Å². The Morgan fingerprint density at radius 3 is 2.65 bits per heavy atom. The van der Waals surface area contributed by atoms with Crippen molar-refractivity contribution in [3.63, 3.8) is 0 Å². The minimum Gasteiger partial charge on any atom is -0.397 e. The lowest BCUT2D eigenvalue weighted by Crippen LogP contribution is -2.27. The Morgan fingerprint density at radius 2 is 2.00 bits per heavy atom. The number of aliphatic hydroxyl groups is 1. The molecular formula is C14H22N2O. The van der Waals surface area contributed by atoms with E-state index in [4.69, 9.17) is 10.8 Å². The maximum absolute atomic E-state index is 9.11. The SMILES string of the molecule is Cc1cccc(NC2CCC(CO)CC2)c1N. The number of nitrogen functional groups attached to an aromatic ring is 1. The van der Waals surface area contributed by atoms with E-state index < -0.39 is 0 Å². The van der Waals surface area contributed by atoms with E-state index >= 15 is 0 Å². The number of nitrogens with two attached hydrogens (primary N) is 1. The molecule has 1 aromatic carbocycles. The number of anilines is 2. The topological polar surface area (TPSA) is 58.3 Å². The molecule has 0 atom stereocenters. The number of hydrogen-bond acceptors (Lipinski definition) is 3. The van der Waals surface area contributed by atoms with Crippen LogP contribution in [0.25, 0.3) is 0 Å². The molecule has 0 saturated heterocycles. The van der Waals surface area contributed by atoms with Crippen LogP contribution in [-0.4, -0.2) is 17.8 Å². The molecule has 2 rings (SSSR count). The zero-order valence-electron chi connectivity index (χ0n) is 10.4. The van der Waals surface area contributed by atoms with Gasteiger partial charge in [0.1, 0.15) is 0 Å². The first-order chi connectivity index (χ1) is 8.20. The molecule has 1 aliphatic rings. The normalized spacial score (nSPS) is 24.6. The van der Waals surface area contributed by atoms with E-state index in [1.165, 1.54) is 0 Å². The van der Waals surface area contributed by atoms with Crippen molar-refractivity contribution < 1.29 is 5.11 Å². The largest absolute Gasteiger partial charge is 0.397 e. The van der Waals surface area contributed by atoms with Crippen LogP contribution in [-0.2, 0) is 0 Å². The van der Waals surface area contributed by atoms with Crippen LogP contribution in [0.15, 0.2) is 18.2 Å². The van der Waals surface area contributed by atoms with Crippen molar-refractivity contribution in [3.05, 3.63) is 23.8 Å². The molecule has 0 unspecified atom stereocenters. The maximum atomic E-state index is 9.11. The lowest BCUT2D eigenvalue weighted by molar-refractivity contribution is 0.186. The smallest absolute Gasteiger partial charge is 0.0579 e. The van der Waals surface area contributed by atoms with Gasteiger partial charge in [0.2, 0.25) is 0 Å². The summed E-state index contributed by atoms with van der Waals surface area (Å²) in [5, 5.41) is 12.6. The Balaban J connectivity index is 1.95. The van der Waals surface area contributed by atoms with E-state index in [2.05, 4.69) is 5.32 Å². The quantitative estimate of drug-likeness (QED) is 0.704. The molecule has 94 valence electrons. The fraction of sp³-hybridized carbons (Fsp3) is 0.571. The highest BCUT2D eigenvalue weighted by Gasteiger charge is 2.20. The minimum atomic E-state index is 0.333. The fourth-order valence-corrected chi connectivity index (χ4v) is 2.52. The standard InChI is InChI=1S/C14H22N2O/c1-10-3-2-4-13(14(10)15)16-12-7-5-11(9-17)6-8-12/h2-4,11-12,16-17H,5-9,15H2,1H3. The van der Waals surface area contributed by atoms with Gasteiger partial charge in [-0.05, 0) is 50.2 Å². The van der Waals surface area contributed by atoms with E-state index in [1.54, 1.807) is 0 Å². The third-order valence-electron chi connectivity index (χ3n) is 3.79. The van der Waals surface area contributed by atoms with Gasteiger partial charge < -0.3 is 16.2 Å². The average Bonchev–Trinajstić information content (AvgIpc) is 2.36. The van der Waals surface area contributed by atoms with Gasteiger partial charge in [0.05, 0.1) is 11.4 Å². The van der Waals surface area contributed by atoms with Crippen molar-refractivity contribution in [1.82, 2.24) is 0 Å². The van der Waals surface area contributed by atoms with Crippen LogP contribution in [0.3, 0.4) is 0 Å². The molecule has 3 heteroatoms. The molecule has 0 aromatic heterocycles. The van der Waals surface area contributed by atoms with Crippen molar-refractivity contribution in [2.24, 2.45) is 5.92 Å². The molecule has 1 saturated carbocycles. The highest BCUT2D eigenvalue weighted by Crippen LogP contribution is 2.29. The number of rotatable bonds is 3. The third kappa shape index (κ3) is 2.91. The monoisotopic (exact) mass is 234 g/mol. The molecule has 1 fully saturated rings. The number of nitrogens with one attached hydrogen (secondary N) is 1. The fourth-order valence-electron chi connectivity index (χ4n) is 2.52. The maximum Gasteiger partial charge on any atom is 0.0579 e. The number of para-hydroxylation sites is 1. The van der Waals surface area contributed by atoms with Gasteiger partial charge in [0.25, 0.3) is 0 Å². The molecule has 1 aliphatic carbocycles. The van der Waals surface area contributed by atoms with Crippen LogP contribution < -0.4 is 11.1 Å². The van der Waals surface area contributed by atoms with E-state index in [0.717, 1.165) is 42.6 Å². The Bertz CT molecular complexity index is 370. The Morgan fingerprint density at radius 1 is 1.29 bits per heavy atom. The molecular weight excluding hydrogens is 212 g/mol. The second-order valence-corrected chi connectivity index (χ2v) is 5.08. The minimum absolute atomic E-state index is 0.333. The van der Waals surface area contributed by atoms with Gasteiger partial charge >= 0.3 is 0 Å². The molecule has 0 aliphatic heterocycles. The van der Waals surface area contributed by atoms with Crippen LogP contribution in [0.5, 0.6) is 0 Å². The second kappa shape index (κ2) is 5.41. The van der Waals surface area contributed by atoms with E-state index in [-0.39, 0.29) is 0 Å². The Kier molecular flexibility index (Phi) is 3.89. The molecule has 0 amide bonds. The van der Waals surface area contributed by atoms with Crippen molar-refractivity contribution in [2.45, 2.75) is 38.6 Å². The summed E-state index contributed by atoms with van der Waals surface area (Å²) in [6, 6.07) is 6.61. The van der Waals surface area contributed by atoms with Gasteiger partial charge in [-0.3, -0.25) is 0 Å². The average molecular weight is 234 g/mol. The van der Waals surface area contributed by atoms with Gasteiger partial charge in [0, 0.05) is 12.6 Å². The number of aryl methyl sites for hydroxylation is 1. The lowest BCUT2D eigenvalue weighted by Gasteiger charge is -2.29. The van der Waals surface area contributed by atoms with Gasteiger partial charge in [-0.25, -0.2) is 0 Å². The van der Waals surface area contributed by atoms with Crippen LogP contribution in [0, 0.1) is 12.8 Å². The van der Waals surface area contributed by atoms with Crippen LogP contribution in [0.1, 0.15) is 31.2 Å². The number of aliphatic hydroxyl groups excluding tert-OH is 1. The van der Waals surface area contributed by atoms with Gasteiger partial charge in [-0.15, -0.1) is 0 Å². The number of benzene rings is 1. The lowest BCUT2D eigenvalue weighted by atomic mass is 9.86. The number of hydrogen-bond donors (Lipinski definition) is 3. The summed E-state index contributed by atoms with van der Waals surface area (Å²) in [7, 11) is 0. The van der Waals surface area contributed by atoms with E-state index in [9.17, 15) is 0 Å². The molecule has 17 heavy (non-hydrogen) atoms. The molecule has 0 bridgehead atoms. The summed E-state index contributed by atoms with van der Waals surface area (Å²) in [5.74, 6) is 0.503. The third-order valence-corrected chi connectivity index (χ3v) is 3.79. The van der Waals surface area contributed by atoms with Gasteiger partial charge in [-0.1, -0.05) is 12.1 Å². The second-order valence-electron chi connectivity index (χ2n) is 5.08. The predicted octanol–water partition coefficient (Wildman–Crippen LogP) is 2.54.